The zero-order chi connectivity index (χ0) is 16.2. The maximum absolute atomic E-state index is 12.2. The van der Waals surface area contributed by atoms with Crippen LogP contribution in [0.4, 0.5) is 0 Å². The quantitative estimate of drug-likeness (QED) is 0.901. The van der Waals surface area contributed by atoms with Gasteiger partial charge in [0.25, 0.3) is 0 Å². The second-order valence-corrected chi connectivity index (χ2v) is 6.55. The van der Waals surface area contributed by atoms with Crippen molar-refractivity contribution >= 4 is 28.8 Å². The Kier molecular flexibility index (Phi) is 5.24. The number of carboxylic acids is 1. The van der Waals surface area contributed by atoms with Gasteiger partial charge in [-0.15, -0.1) is 0 Å². The number of nitrogens with zero attached hydrogens (tertiary/aromatic N) is 1. The molecule has 6 heteroatoms. The number of hydrogen-bond acceptors (Lipinski definition) is 4. The van der Waals surface area contributed by atoms with Crippen LogP contribution in [0.25, 0.3) is 0 Å². The topological polar surface area (TPSA) is 74.7 Å². The fourth-order valence-electron chi connectivity index (χ4n) is 2.61. The minimum atomic E-state index is -1.11. The van der Waals surface area contributed by atoms with E-state index < -0.39 is 11.5 Å². The van der Waals surface area contributed by atoms with Gasteiger partial charge < -0.3 is 10.0 Å². The van der Waals surface area contributed by atoms with E-state index in [0.717, 1.165) is 11.8 Å². The Balaban J connectivity index is 1.86. The highest BCUT2D eigenvalue weighted by molar-refractivity contribution is 8.14. The number of carbonyl (C=O) groups excluding carboxylic acids is 2. The van der Waals surface area contributed by atoms with Crippen LogP contribution in [0.2, 0.25) is 0 Å². The SMILES string of the molecule is CC1(C(=O)O)CCCN1C(=O)CCSC(=O)c1ccccc1. The van der Waals surface area contributed by atoms with Crippen molar-refractivity contribution in [2.45, 2.75) is 31.7 Å². The third kappa shape index (κ3) is 3.50. The maximum Gasteiger partial charge on any atom is 0.329 e. The van der Waals surface area contributed by atoms with Gasteiger partial charge in [-0.25, -0.2) is 4.79 Å². The molecule has 0 spiro atoms. The summed E-state index contributed by atoms with van der Waals surface area (Å²) in [4.78, 5) is 36.9. The molecular formula is C16H19NO4S. The van der Waals surface area contributed by atoms with Crippen molar-refractivity contribution in [3.05, 3.63) is 35.9 Å². The lowest BCUT2D eigenvalue weighted by atomic mass is 9.99. The van der Waals surface area contributed by atoms with Crippen LogP contribution in [0.15, 0.2) is 30.3 Å². The highest BCUT2D eigenvalue weighted by atomic mass is 32.2. The van der Waals surface area contributed by atoms with E-state index in [9.17, 15) is 19.5 Å². The van der Waals surface area contributed by atoms with E-state index in [2.05, 4.69) is 0 Å². The molecule has 0 bridgehead atoms. The second kappa shape index (κ2) is 6.96. The summed E-state index contributed by atoms with van der Waals surface area (Å²) >= 11 is 1.09. The summed E-state index contributed by atoms with van der Waals surface area (Å²) in [7, 11) is 0. The lowest BCUT2D eigenvalue weighted by Gasteiger charge is -2.31. The predicted octanol–water partition coefficient (Wildman–Crippen LogP) is 2.42. The number of rotatable bonds is 5. The summed E-state index contributed by atoms with van der Waals surface area (Å²) in [6.07, 6.45) is 1.35. The largest absolute Gasteiger partial charge is 0.480 e. The number of carboxylic acid groups (broad SMARTS) is 1. The standard InChI is InChI=1S/C16H19NO4S/c1-16(15(20)21)9-5-10-17(16)13(18)8-11-22-14(19)12-6-3-2-4-7-12/h2-4,6-7H,5,8-11H2,1H3,(H,20,21). The number of likely N-dealkylation sites (tertiary alicyclic amines) is 1. The number of aliphatic carboxylic acids is 1. The third-order valence-corrected chi connectivity index (χ3v) is 4.87. The molecule has 0 aliphatic carbocycles. The average Bonchev–Trinajstić information content (AvgIpc) is 2.91. The van der Waals surface area contributed by atoms with Gasteiger partial charge in [0.05, 0.1) is 0 Å². The molecule has 22 heavy (non-hydrogen) atoms. The number of thioether (sulfide) groups is 1. The highest BCUT2D eigenvalue weighted by Crippen LogP contribution is 2.30. The molecule has 1 saturated heterocycles. The Labute approximate surface area is 133 Å². The molecule has 5 nitrogen and oxygen atoms in total. The summed E-state index contributed by atoms with van der Waals surface area (Å²) in [6.45, 7) is 2.06. The van der Waals surface area contributed by atoms with E-state index in [1.807, 2.05) is 6.07 Å². The molecule has 2 rings (SSSR count). The number of carbonyl (C=O) groups is 3. The highest BCUT2D eigenvalue weighted by Gasteiger charge is 2.45. The van der Waals surface area contributed by atoms with Crippen LogP contribution in [0, 0.1) is 0 Å². The van der Waals surface area contributed by atoms with Gasteiger partial charge in [0.1, 0.15) is 5.54 Å². The molecule has 0 radical (unpaired) electrons. The van der Waals surface area contributed by atoms with Gasteiger partial charge >= 0.3 is 5.97 Å². The van der Waals surface area contributed by atoms with Crippen LogP contribution < -0.4 is 0 Å². The molecular weight excluding hydrogens is 302 g/mol. The van der Waals surface area contributed by atoms with E-state index in [1.54, 1.807) is 31.2 Å². The normalized spacial score (nSPS) is 20.9. The van der Waals surface area contributed by atoms with E-state index in [0.29, 0.717) is 30.7 Å². The zero-order valence-electron chi connectivity index (χ0n) is 12.4. The van der Waals surface area contributed by atoms with Crippen molar-refractivity contribution in [1.82, 2.24) is 4.90 Å². The van der Waals surface area contributed by atoms with E-state index >= 15 is 0 Å². The monoisotopic (exact) mass is 321 g/mol. The summed E-state index contributed by atoms with van der Waals surface area (Å²) < 4.78 is 0. The summed E-state index contributed by atoms with van der Waals surface area (Å²) in [5, 5.41) is 9.23. The molecule has 118 valence electrons. The lowest BCUT2D eigenvalue weighted by Crippen LogP contribution is -2.50. The van der Waals surface area contributed by atoms with Crippen LogP contribution in [0.3, 0.4) is 0 Å². The van der Waals surface area contributed by atoms with Gasteiger partial charge in [-0.2, -0.15) is 0 Å². The molecule has 0 aromatic heterocycles. The van der Waals surface area contributed by atoms with E-state index in [1.165, 1.54) is 4.90 Å². The van der Waals surface area contributed by atoms with Crippen LogP contribution >= 0.6 is 11.8 Å². The second-order valence-electron chi connectivity index (χ2n) is 5.48. The molecule has 1 fully saturated rings. The third-order valence-electron chi connectivity index (χ3n) is 3.96. The number of benzene rings is 1. The first-order chi connectivity index (χ1) is 10.4. The molecule has 1 aromatic rings. The van der Waals surface area contributed by atoms with Crippen LogP contribution in [-0.2, 0) is 9.59 Å². The molecule has 1 atom stereocenters. The van der Waals surface area contributed by atoms with Crippen molar-refractivity contribution in [3.63, 3.8) is 0 Å². The summed E-state index contributed by atoms with van der Waals surface area (Å²) in [6, 6.07) is 8.90. The van der Waals surface area contributed by atoms with Gasteiger partial charge in [0, 0.05) is 24.3 Å². The molecule has 1 aliphatic heterocycles. The smallest absolute Gasteiger partial charge is 0.329 e. The van der Waals surface area contributed by atoms with Gasteiger partial charge in [0.15, 0.2) is 0 Å². The van der Waals surface area contributed by atoms with Crippen molar-refractivity contribution < 1.29 is 19.5 Å². The predicted molar refractivity (Wildman–Crippen MR) is 84.8 cm³/mol. The van der Waals surface area contributed by atoms with E-state index in [-0.39, 0.29) is 17.4 Å². The lowest BCUT2D eigenvalue weighted by molar-refractivity contribution is -0.155. The fourth-order valence-corrected chi connectivity index (χ4v) is 3.37. The Morgan fingerprint density at radius 1 is 1.27 bits per heavy atom. The van der Waals surface area contributed by atoms with Gasteiger partial charge in [-0.3, -0.25) is 9.59 Å². The molecule has 1 amide bonds. The van der Waals surface area contributed by atoms with Crippen LogP contribution in [-0.4, -0.2) is 44.8 Å². The van der Waals surface area contributed by atoms with Crippen molar-refractivity contribution in [3.8, 4) is 0 Å². The van der Waals surface area contributed by atoms with Crippen LogP contribution in [0.5, 0.6) is 0 Å². The number of amides is 1. The first kappa shape index (κ1) is 16.5. The first-order valence-electron chi connectivity index (χ1n) is 7.21. The molecule has 1 unspecified atom stereocenters. The molecule has 1 N–H and O–H groups in total. The Morgan fingerprint density at radius 2 is 1.95 bits per heavy atom. The van der Waals surface area contributed by atoms with Crippen LogP contribution in [0.1, 0.15) is 36.5 Å². The average molecular weight is 321 g/mol. The van der Waals surface area contributed by atoms with Gasteiger partial charge in [0.2, 0.25) is 11.0 Å². The van der Waals surface area contributed by atoms with Crippen molar-refractivity contribution in [2.24, 2.45) is 0 Å². The molecule has 1 heterocycles. The van der Waals surface area contributed by atoms with Gasteiger partial charge in [-0.1, -0.05) is 42.1 Å². The zero-order valence-corrected chi connectivity index (χ0v) is 13.3. The molecule has 0 saturated carbocycles. The first-order valence-corrected chi connectivity index (χ1v) is 8.20. The fraction of sp³-hybridized carbons (Fsp3) is 0.438. The Hall–Kier alpha value is -1.82. The summed E-state index contributed by atoms with van der Waals surface area (Å²) in [5.41, 5.74) is -0.498. The Bertz CT molecular complexity index is 575. The minimum Gasteiger partial charge on any atom is -0.480 e. The Morgan fingerprint density at radius 3 is 2.59 bits per heavy atom. The molecule has 1 aromatic carbocycles. The summed E-state index contributed by atoms with van der Waals surface area (Å²) in [5.74, 6) is -0.805. The number of hydrogen-bond donors (Lipinski definition) is 1. The maximum atomic E-state index is 12.2. The van der Waals surface area contributed by atoms with E-state index in [4.69, 9.17) is 0 Å². The minimum absolute atomic E-state index is 0.0733. The van der Waals surface area contributed by atoms with Crippen molar-refractivity contribution in [1.29, 1.82) is 0 Å². The van der Waals surface area contributed by atoms with Gasteiger partial charge in [-0.05, 0) is 19.8 Å². The molecule has 1 aliphatic rings. The van der Waals surface area contributed by atoms with Crippen molar-refractivity contribution in [2.75, 3.05) is 12.3 Å².